The molecule has 1 saturated carbocycles. The number of sulfone groups is 1. The van der Waals surface area contributed by atoms with Crippen molar-refractivity contribution in [1.29, 1.82) is 0 Å². The van der Waals surface area contributed by atoms with Crippen molar-refractivity contribution in [3.05, 3.63) is 72.1 Å². The van der Waals surface area contributed by atoms with E-state index in [1.807, 2.05) is 24.3 Å². The monoisotopic (exact) mass is 848 g/mol. The number of likely N-dealkylation sites (tertiary alicyclic amines) is 4. The summed E-state index contributed by atoms with van der Waals surface area (Å²) in [5.41, 5.74) is 1.59. The van der Waals surface area contributed by atoms with Crippen LogP contribution in [0.1, 0.15) is 63.4 Å². The molecule has 14 heteroatoms. The first-order valence-electron chi connectivity index (χ1n) is 22.5. The molecule has 0 bridgehead atoms. The summed E-state index contributed by atoms with van der Waals surface area (Å²) in [4.78, 5) is 36.6. The Kier molecular flexibility index (Phi) is 13.5. The molecule has 2 aromatic carbocycles. The second kappa shape index (κ2) is 18.8. The van der Waals surface area contributed by atoms with Gasteiger partial charge in [-0.15, -0.1) is 0 Å². The smallest absolute Gasteiger partial charge is 0.407 e. The van der Waals surface area contributed by atoms with Crippen LogP contribution in [-0.2, 0) is 24.8 Å². The molecule has 2 N–H and O–H groups in total. The molecule has 6 fully saturated rings. The number of carbonyl (C=O) groups excluding carboxylic acids is 2. The second-order valence-corrected chi connectivity index (χ2v) is 20.7. The maximum Gasteiger partial charge on any atom is 0.407 e. The topological polar surface area (TPSA) is 126 Å². The van der Waals surface area contributed by atoms with Gasteiger partial charge >= 0.3 is 6.09 Å². The van der Waals surface area contributed by atoms with E-state index in [9.17, 15) is 23.1 Å². The molecule has 5 atom stereocenters. The number of hydrogen-bond donors (Lipinski definition) is 2. The molecule has 1 aliphatic carbocycles. The molecule has 5 saturated heterocycles. The Hall–Kier alpha value is -3.56. The number of halogens is 1. The van der Waals surface area contributed by atoms with Gasteiger partial charge in [-0.25, -0.2) is 17.6 Å². The number of β-amino-alcohol motifs (C(OH)–C–C–N with tert-alkyl or cyclic N) is 1. The average molecular weight is 849 g/mol. The van der Waals surface area contributed by atoms with Gasteiger partial charge in [-0.1, -0.05) is 31.1 Å². The highest BCUT2D eigenvalue weighted by Crippen LogP contribution is 2.51. The van der Waals surface area contributed by atoms with Crippen molar-refractivity contribution in [2.75, 3.05) is 97.1 Å². The molecule has 2 amide bonds. The molecule has 0 aromatic heterocycles. The first-order chi connectivity index (χ1) is 29.0. The number of hydrogen-bond acceptors (Lipinski definition) is 10. The number of alkyl carbamates (subject to hydrolysis) is 1. The number of aliphatic hydroxyl groups is 1. The summed E-state index contributed by atoms with van der Waals surface area (Å²) in [6, 6.07) is 14.2. The molecule has 60 heavy (non-hydrogen) atoms. The average Bonchev–Trinajstić information content (AvgIpc) is 3.83. The molecule has 2 aromatic rings. The number of methoxy groups -OCH3 is 1. The molecule has 328 valence electrons. The van der Waals surface area contributed by atoms with Gasteiger partial charge in [0.15, 0.2) is 9.84 Å². The molecular weight excluding hydrogens is 784 g/mol. The number of aliphatic hydroxyl groups excluding tert-OH is 1. The standard InChI is InChI=1S/C46H65FN6O6S/c1-59-45(56)48-42-12-6-11-41(42)46(33-51-23-8-24-51,36-9-5-10-37(47)27-36)35-18-25-50(26-19-35)28-34-29-52(32-43(34)54)38-14-16-39(17-15-38)60(57,58)40-30-53(31-40)44(55)13-7-22-49-20-3-2-4-21-49/h5,7,9-10,13-17,27,34-35,40-43,54H,2-4,6,8,11-12,18-26,28-33H2,1H3,(H,48,56)/b13-7+/t34-,41-,42-,43-,46-/m0/s1. The molecular formula is C46H65FN6O6S. The lowest BCUT2D eigenvalue weighted by atomic mass is 9.57. The summed E-state index contributed by atoms with van der Waals surface area (Å²) >= 11 is 0. The lowest BCUT2D eigenvalue weighted by molar-refractivity contribution is -0.129. The number of amides is 2. The van der Waals surface area contributed by atoms with Crippen LogP contribution >= 0.6 is 0 Å². The Balaban J connectivity index is 0.870. The van der Waals surface area contributed by atoms with Gasteiger partial charge in [0.2, 0.25) is 5.91 Å². The molecule has 5 aliphatic heterocycles. The molecule has 0 unspecified atom stereocenters. The predicted octanol–water partition coefficient (Wildman–Crippen LogP) is 4.53. The number of nitrogens with zero attached hydrogens (tertiary/aromatic N) is 5. The van der Waals surface area contributed by atoms with E-state index in [0.29, 0.717) is 13.1 Å². The highest BCUT2D eigenvalue weighted by Gasteiger charge is 2.53. The van der Waals surface area contributed by atoms with Gasteiger partial charge in [0.05, 0.1) is 18.1 Å². The van der Waals surface area contributed by atoms with Crippen LogP contribution in [0.3, 0.4) is 0 Å². The van der Waals surface area contributed by atoms with Gasteiger partial charge < -0.3 is 34.8 Å². The van der Waals surface area contributed by atoms with Crippen molar-refractivity contribution in [2.24, 2.45) is 17.8 Å². The highest BCUT2D eigenvalue weighted by atomic mass is 32.2. The molecule has 12 nitrogen and oxygen atoms in total. The third-order valence-corrected chi connectivity index (χ3v) is 17.0. The van der Waals surface area contributed by atoms with Gasteiger partial charge in [-0.05, 0) is 138 Å². The fourth-order valence-electron chi connectivity index (χ4n) is 11.3. The zero-order valence-electron chi connectivity index (χ0n) is 35.3. The Morgan fingerprint density at radius 1 is 0.867 bits per heavy atom. The minimum atomic E-state index is -3.59. The molecule has 8 rings (SSSR count). The quantitative estimate of drug-likeness (QED) is 0.262. The first kappa shape index (κ1) is 43.1. The summed E-state index contributed by atoms with van der Waals surface area (Å²) in [5.74, 6) is 0.114. The van der Waals surface area contributed by atoms with Gasteiger partial charge in [0, 0.05) is 75.0 Å². The minimum Gasteiger partial charge on any atom is -0.453 e. The van der Waals surface area contributed by atoms with Crippen LogP contribution in [0.15, 0.2) is 65.6 Å². The Bertz CT molecular complexity index is 1930. The fraction of sp³-hybridized carbons (Fsp3) is 0.652. The van der Waals surface area contributed by atoms with E-state index in [4.69, 9.17) is 4.74 Å². The van der Waals surface area contributed by atoms with Gasteiger partial charge in [-0.3, -0.25) is 9.69 Å². The second-order valence-electron chi connectivity index (χ2n) is 18.4. The van der Waals surface area contributed by atoms with Crippen LogP contribution in [0.25, 0.3) is 0 Å². The van der Waals surface area contributed by atoms with E-state index in [2.05, 4.69) is 31.0 Å². The Morgan fingerprint density at radius 3 is 2.28 bits per heavy atom. The number of carbonyl (C=O) groups is 2. The lowest BCUT2D eigenvalue weighted by Gasteiger charge is -2.53. The van der Waals surface area contributed by atoms with E-state index in [0.717, 1.165) is 109 Å². The molecule has 0 spiro atoms. The maximum atomic E-state index is 15.1. The van der Waals surface area contributed by atoms with Crippen molar-refractivity contribution < 1.29 is 32.2 Å². The van der Waals surface area contributed by atoms with E-state index >= 15 is 4.39 Å². The number of piperidine rings is 2. The van der Waals surface area contributed by atoms with Gasteiger partial charge in [-0.2, -0.15) is 0 Å². The molecule has 5 heterocycles. The van der Waals surface area contributed by atoms with Gasteiger partial charge in [0.1, 0.15) is 11.1 Å². The van der Waals surface area contributed by atoms with Crippen molar-refractivity contribution in [3.8, 4) is 0 Å². The summed E-state index contributed by atoms with van der Waals surface area (Å²) in [6.07, 6.45) is 12.1. The van der Waals surface area contributed by atoms with Crippen LogP contribution in [0.4, 0.5) is 14.9 Å². The Labute approximate surface area is 356 Å². The first-order valence-corrected chi connectivity index (χ1v) is 24.1. The van der Waals surface area contributed by atoms with Gasteiger partial charge in [0.25, 0.3) is 0 Å². The largest absolute Gasteiger partial charge is 0.453 e. The third-order valence-electron chi connectivity index (χ3n) is 14.9. The van der Waals surface area contributed by atoms with Crippen LogP contribution in [0.5, 0.6) is 0 Å². The maximum absolute atomic E-state index is 15.1. The predicted molar refractivity (Wildman–Crippen MR) is 230 cm³/mol. The van der Waals surface area contributed by atoms with E-state index in [1.165, 1.54) is 32.4 Å². The zero-order valence-corrected chi connectivity index (χ0v) is 36.1. The minimum absolute atomic E-state index is 0.0369. The lowest BCUT2D eigenvalue weighted by Crippen LogP contribution is -2.59. The van der Waals surface area contributed by atoms with Crippen LogP contribution in [0.2, 0.25) is 0 Å². The number of anilines is 1. The van der Waals surface area contributed by atoms with Crippen molar-refractivity contribution >= 4 is 27.5 Å². The molecule has 0 radical (unpaired) electrons. The number of ether oxygens (including phenoxy) is 1. The normalized spacial score (nSPS) is 27.4. The summed E-state index contributed by atoms with van der Waals surface area (Å²) in [5, 5.41) is 13.9. The highest BCUT2D eigenvalue weighted by molar-refractivity contribution is 7.92. The number of rotatable bonds is 14. The van der Waals surface area contributed by atoms with Crippen LogP contribution in [0, 0.1) is 23.6 Å². The summed E-state index contributed by atoms with van der Waals surface area (Å²) < 4.78 is 47.1. The third kappa shape index (κ3) is 9.28. The molecule has 6 aliphatic rings. The van der Waals surface area contributed by atoms with Crippen LogP contribution in [-0.4, -0.2) is 155 Å². The summed E-state index contributed by atoms with van der Waals surface area (Å²) in [6.45, 7) is 9.83. The summed E-state index contributed by atoms with van der Waals surface area (Å²) in [7, 11) is -2.18. The van der Waals surface area contributed by atoms with Crippen molar-refractivity contribution in [2.45, 2.75) is 85.5 Å². The fourth-order valence-corrected chi connectivity index (χ4v) is 13.0. The number of benzene rings is 2. The SMILES string of the molecule is COC(=O)N[C@H]1CCC[C@@H]1[C@](CN1CCC1)(c1cccc(F)c1)C1CCN(C[C@H]2CN(c3ccc(S(=O)(=O)C4CN(C(=O)/C=C/CN5CCCCC5)C4)cc3)C[C@@H]2O)CC1. The van der Waals surface area contributed by atoms with Crippen molar-refractivity contribution in [1.82, 2.24) is 24.9 Å². The zero-order chi connectivity index (χ0) is 41.9. The van der Waals surface area contributed by atoms with E-state index < -0.39 is 27.3 Å². The number of nitrogens with one attached hydrogen (secondary N) is 1. The Morgan fingerprint density at radius 2 is 1.60 bits per heavy atom. The van der Waals surface area contributed by atoms with E-state index in [1.54, 1.807) is 29.2 Å². The van der Waals surface area contributed by atoms with E-state index in [-0.39, 0.29) is 58.9 Å². The van der Waals surface area contributed by atoms with Crippen LogP contribution < -0.4 is 10.2 Å². The van der Waals surface area contributed by atoms with Crippen molar-refractivity contribution in [3.63, 3.8) is 0 Å².